The van der Waals surface area contributed by atoms with Gasteiger partial charge in [-0.15, -0.1) is 5.10 Å². The zero-order chi connectivity index (χ0) is 19.8. The summed E-state index contributed by atoms with van der Waals surface area (Å²) in [6.07, 6.45) is 1.20. The van der Waals surface area contributed by atoms with Gasteiger partial charge in [-0.05, 0) is 30.3 Å². The summed E-state index contributed by atoms with van der Waals surface area (Å²) in [6, 6.07) is 10.6. The molecule has 0 N–H and O–H groups in total. The van der Waals surface area contributed by atoms with Crippen molar-refractivity contribution in [1.82, 2.24) is 14.6 Å². The number of halogens is 4. The molecule has 2 heterocycles. The molecule has 0 aliphatic carbocycles. The average molecular weight is 420 g/mol. The highest BCUT2D eigenvalue weighted by Gasteiger charge is 2.18. The van der Waals surface area contributed by atoms with Gasteiger partial charge in [-0.1, -0.05) is 29.3 Å². The number of rotatable bonds is 3. The summed E-state index contributed by atoms with van der Waals surface area (Å²) in [5.74, 6) is -1.95. The normalized spacial score (nSPS) is 11.0. The zero-order valence-corrected chi connectivity index (χ0v) is 15.4. The molecule has 4 aromatic rings. The molecule has 140 valence electrons. The third-order valence-electron chi connectivity index (χ3n) is 3.88. The van der Waals surface area contributed by atoms with Gasteiger partial charge < -0.3 is 4.74 Å². The molecular weight excluding hydrogens is 411 g/mol. The molecule has 5 nitrogen and oxygen atoms in total. The lowest BCUT2D eigenvalue weighted by molar-refractivity contribution is 0.418. The van der Waals surface area contributed by atoms with Crippen LogP contribution in [0.5, 0.6) is 11.6 Å². The first-order valence-corrected chi connectivity index (χ1v) is 8.65. The van der Waals surface area contributed by atoms with E-state index >= 15 is 0 Å². The highest BCUT2D eigenvalue weighted by Crippen LogP contribution is 2.40. The Bertz CT molecular complexity index is 1260. The van der Waals surface area contributed by atoms with Gasteiger partial charge in [0.25, 0.3) is 5.56 Å². The number of benzene rings is 2. The molecule has 2 aromatic carbocycles. The lowest BCUT2D eigenvalue weighted by Gasteiger charge is -2.14. The molecule has 9 heteroatoms. The summed E-state index contributed by atoms with van der Waals surface area (Å²) in [4.78, 5) is 15.2. The van der Waals surface area contributed by atoms with Crippen molar-refractivity contribution in [2.45, 2.75) is 0 Å². The van der Waals surface area contributed by atoms with Crippen LogP contribution >= 0.6 is 23.2 Å². The van der Waals surface area contributed by atoms with Crippen LogP contribution in [0.3, 0.4) is 0 Å². The minimum atomic E-state index is -0.906. The first-order valence-electron chi connectivity index (χ1n) is 7.89. The molecule has 0 bridgehead atoms. The quantitative estimate of drug-likeness (QED) is 0.461. The maximum Gasteiger partial charge on any atom is 0.273 e. The van der Waals surface area contributed by atoms with Crippen molar-refractivity contribution >= 4 is 28.7 Å². The van der Waals surface area contributed by atoms with E-state index in [1.807, 2.05) is 0 Å². The number of ether oxygens (including phenoxy) is 1. The van der Waals surface area contributed by atoms with E-state index in [2.05, 4.69) is 10.1 Å². The van der Waals surface area contributed by atoms with Crippen LogP contribution in [-0.4, -0.2) is 14.6 Å². The summed E-state index contributed by atoms with van der Waals surface area (Å²) in [7, 11) is 0. The number of nitrogens with zero attached hydrogens (tertiary/aromatic N) is 3. The van der Waals surface area contributed by atoms with E-state index in [1.165, 1.54) is 16.9 Å². The molecule has 0 aliphatic heterocycles. The van der Waals surface area contributed by atoms with Crippen molar-refractivity contribution in [2.24, 2.45) is 0 Å². The van der Waals surface area contributed by atoms with E-state index in [4.69, 9.17) is 27.9 Å². The molecule has 0 amide bonds. The molecule has 4 rings (SSSR count). The lowest BCUT2D eigenvalue weighted by atomic mass is 10.1. The molecular formula is C19H9Cl2F2N3O2. The second kappa shape index (κ2) is 7.18. The molecule has 0 radical (unpaired) electrons. The van der Waals surface area contributed by atoms with E-state index in [0.717, 1.165) is 12.1 Å². The second-order valence-electron chi connectivity index (χ2n) is 5.73. The standard InChI is InChI=1S/C19H9Cl2F2N3O2/c20-13-2-1-3-14(21)18(13)12-7-11-8-17(27)24-9-26(11)25-19(12)28-16-5-4-10(22)6-15(16)23/h1-9H. The van der Waals surface area contributed by atoms with Crippen molar-refractivity contribution in [3.8, 4) is 22.8 Å². The van der Waals surface area contributed by atoms with E-state index in [1.54, 1.807) is 24.3 Å². The monoisotopic (exact) mass is 419 g/mol. The predicted octanol–water partition coefficient (Wildman–Crippen LogP) is 5.13. The van der Waals surface area contributed by atoms with Crippen LogP contribution < -0.4 is 10.3 Å². The molecule has 0 spiro atoms. The number of hydrogen-bond acceptors (Lipinski definition) is 4. The van der Waals surface area contributed by atoms with Crippen molar-refractivity contribution in [2.75, 3.05) is 0 Å². The van der Waals surface area contributed by atoms with Gasteiger partial charge >= 0.3 is 0 Å². The minimum Gasteiger partial charge on any atom is -0.434 e. The van der Waals surface area contributed by atoms with Crippen LogP contribution in [0.4, 0.5) is 8.78 Å². The number of fused-ring (bicyclic) bond motifs is 1. The SMILES string of the molecule is O=c1cc2cc(-c3c(Cl)cccc3Cl)c(Oc3ccc(F)cc3F)nn2cn1. The van der Waals surface area contributed by atoms with Crippen LogP contribution in [0.15, 0.2) is 59.7 Å². The topological polar surface area (TPSA) is 56.5 Å². The largest absolute Gasteiger partial charge is 0.434 e. The van der Waals surface area contributed by atoms with Gasteiger partial charge in [-0.3, -0.25) is 4.79 Å². The highest BCUT2D eigenvalue weighted by atomic mass is 35.5. The Hall–Kier alpha value is -3.03. The lowest BCUT2D eigenvalue weighted by Crippen LogP contribution is -2.09. The molecule has 0 saturated heterocycles. The van der Waals surface area contributed by atoms with Gasteiger partial charge in [-0.25, -0.2) is 13.3 Å². The van der Waals surface area contributed by atoms with Crippen molar-refractivity contribution in [3.63, 3.8) is 0 Å². The second-order valence-corrected chi connectivity index (χ2v) is 6.55. The summed E-state index contributed by atoms with van der Waals surface area (Å²) in [5.41, 5.74) is 0.654. The van der Waals surface area contributed by atoms with E-state index in [-0.39, 0.29) is 11.6 Å². The Morgan fingerprint density at radius 3 is 2.46 bits per heavy atom. The number of hydrogen-bond donors (Lipinski definition) is 0. The Morgan fingerprint density at radius 2 is 1.75 bits per heavy atom. The summed E-state index contributed by atoms with van der Waals surface area (Å²) >= 11 is 12.6. The van der Waals surface area contributed by atoms with Crippen LogP contribution in [0.2, 0.25) is 10.0 Å². The molecule has 0 aliphatic rings. The van der Waals surface area contributed by atoms with Gasteiger partial charge in [-0.2, -0.15) is 4.98 Å². The Kier molecular flexibility index (Phi) is 4.70. The minimum absolute atomic E-state index is 0.0570. The first-order chi connectivity index (χ1) is 13.4. The third kappa shape index (κ3) is 3.42. The fourth-order valence-corrected chi connectivity index (χ4v) is 3.23. The van der Waals surface area contributed by atoms with Gasteiger partial charge in [0.05, 0.1) is 21.1 Å². The molecule has 0 atom stereocenters. The average Bonchev–Trinajstić information content (AvgIpc) is 2.64. The van der Waals surface area contributed by atoms with Gasteiger partial charge in [0.15, 0.2) is 11.6 Å². The first kappa shape index (κ1) is 18.3. The fraction of sp³-hybridized carbons (Fsp3) is 0. The summed E-state index contributed by atoms with van der Waals surface area (Å²) in [6.45, 7) is 0. The maximum absolute atomic E-state index is 14.1. The van der Waals surface area contributed by atoms with E-state index < -0.39 is 17.2 Å². The van der Waals surface area contributed by atoms with Crippen molar-refractivity contribution < 1.29 is 13.5 Å². The molecule has 2 aromatic heterocycles. The molecule has 0 saturated carbocycles. The van der Waals surface area contributed by atoms with Gasteiger partial charge in [0.1, 0.15) is 12.1 Å². The fourth-order valence-electron chi connectivity index (χ4n) is 2.63. The zero-order valence-electron chi connectivity index (χ0n) is 13.9. The van der Waals surface area contributed by atoms with E-state index in [0.29, 0.717) is 32.8 Å². The smallest absolute Gasteiger partial charge is 0.273 e. The van der Waals surface area contributed by atoms with Crippen molar-refractivity contribution in [1.29, 1.82) is 0 Å². The van der Waals surface area contributed by atoms with Gasteiger partial charge in [0.2, 0.25) is 5.88 Å². The van der Waals surface area contributed by atoms with Crippen molar-refractivity contribution in [3.05, 3.63) is 86.9 Å². The van der Waals surface area contributed by atoms with Crippen LogP contribution in [-0.2, 0) is 0 Å². The Morgan fingerprint density at radius 1 is 1.00 bits per heavy atom. The predicted molar refractivity (Wildman–Crippen MR) is 101 cm³/mol. The maximum atomic E-state index is 14.1. The Balaban J connectivity index is 1.98. The molecule has 0 fully saturated rings. The number of aromatic nitrogens is 3. The Labute approximate surface area is 166 Å². The van der Waals surface area contributed by atoms with E-state index in [9.17, 15) is 13.6 Å². The van der Waals surface area contributed by atoms with Gasteiger partial charge in [0, 0.05) is 17.7 Å². The van der Waals surface area contributed by atoms with Crippen LogP contribution in [0.25, 0.3) is 16.6 Å². The third-order valence-corrected chi connectivity index (χ3v) is 4.51. The highest BCUT2D eigenvalue weighted by molar-refractivity contribution is 6.39. The summed E-state index contributed by atoms with van der Waals surface area (Å²) < 4.78 is 34.2. The molecule has 0 unspecified atom stereocenters. The van der Waals surface area contributed by atoms with Crippen LogP contribution in [0.1, 0.15) is 0 Å². The summed E-state index contributed by atoms with van der Waals surface area (Å²) in [5, 5.41) is 4.86. The van der Waals surface area contributed by atoms with Crippen LogP contribution in [0, 0.1) is 11.6 Å². The molecule has 28 heavy (non-hydrogen) atoms.